The van der Waals surface area contributed by atoms with Crippen LogP contribution in [-0.4, -0.2) is 74.0 Å². The summed E-state index contributed by atoms with van der Waals surface area (Å²) >= 11 is 0. The molecule has 27 heavy (non-hydrogen) atoms. The lowest BCUT2D eigenvalue weighted by Crippen LogP contribution is -2.40. The molecular formula is C17H21N3O6S. The van der Waals surface area contributed by atoms with Gasteiger partial charge in [0.25, 0.3) is 11.8 Å². The monoisotopic (exact) mass is 395 g/mol. The van der Waals surface area contributed by atoms with Gasteiger partial charge in [-0.1, -0.05) is 6.07 Å². The Morgan fingerprint density at radius 1 is 1.22 bits per heavy atom. The topological polar surface area (TPSA) is 116 Å². The number of aryl methyl sites for hydroxylation is 1. The van der Waals surface area contributed by atoms with Crippen molar-refractivity contribution in [3.8, 4) is 0 Å². The molecule has 0 radical (unpaired) electrons. The molecule has 0 saturated carbocycles. The highest BCUT2D eigenvalue weighted by Crippen LogP contribution is 2.26. The number of carbonyl (C=O) groups excluding carboxylic acids is 2. The van der Waals surface area contributed by atoms with Gasteiger partial charge in [0.1, 0.15) is 5.70 Å². The maximum Gasteiger partial charge on any atom is 0.277 e. The standard InChI is InChI=1S/C17H21N3O6S/c1-12-2-3-13(18-14-11-16(22)20(4-7-21)17(14)23)10-15(12)27(24,25)19-5-8-26-9-6-19/h2-3,10-11,18,21H,4-9H2,1H3. The van der Waals surface area contributed by atoms with Crippen LogP contribution in [0.4, 0.5) is 5.69 Å². The molecule has 10 heteroatoms. The van der Waals surface area contributed by atoms with Gasteiger partial charge in [-0.05, 0) is 24.6 Å². The summed E-state index contributed by atoms with van der Waals surface area (Å²) < 4.78 is 32.4. The third-order valence-electron chi connectivity index (χ3n) is 4.39. The third-order valence-corrected chi connectivity index (χ3v) is 6.43. The van der Waals surface area contributed by atoms with Gasteiger partial charge in [0.05, 0.1) is 31.3 Å². The summed E-state index contributed by atoms with van der Waals surface area (Å²) in [6, 6.07) is 4.73. The number of nitrogens with zero attached hydrogens (tertiary/aromatic N) is 2. The van der Waals surface area contributed by atoms with Gasteiger partial charge < -0.3 is 15.2 Å². The molecule has 2 N–H and O–H groups in total. The molecule has 2 aliphatic rings. The SMILES string of the molecule is Cc1ccc(NC2=CC(=O)N(CCO)C2=O)cc1S(=O)(=O)N1CCOCC1. The molecule has 146 valence electrons. The van der Waals surface area contributed by atoms with Gasteiger partial charge in [-0.15, -0.1) is 0 Å². The Hall–Kier alpha value is -2.27. The Bertz CT molecular complexity index is 890. The maximum atomic E-state index is 12.9. The Balaban J connectivity index is 1.85. The van der Waals surface area contributed by atoms with Crippen LogP contribution >= 0.6 is 0 Å². The lowest BCUT2D eigenvalue weighted by molar-refractivity contribution is -0.137. The van der Waals surface area contributed by atoms with Crippen LogP contribution in [0.2, 0.25) is 0 Å². The first kappa shape index (κ1) is 19.5. The van der Waals surface area contributed by atoms with Crippen molar-refractivity contribution >= 4 is 27.5 Å². The highest BCUT2D eigenvalue weighted by molar-refractivity contribution is 7.89. The molecule has 1 saturated heterocycles. The molecular weight excluding hydrogens is 374 g/mol. The van der Waals surface area contributed by atoms with Crippen LogP contribution in [0.1, 0.15) is 5.56 Å². The van der Waals surface area contributed by atoms with E-state index in [0.717, 1.165) is 11.0 Å². The number of imide groups is 1. The smallest absolute Gasteiger partial charge is 0.277 e. The molecule has 0 aromatic heterocycles. The van der Waals surface area contributed by atoms with Crippen molar-refractivity contribution in [1.82, 2.24) is 9.21 Å². The highest BCUT2D eigenvalue weighted by atomic mass is 32.2. The number of aliphatic hydroxyl groups excluding tert-OH is 1. The van der Waals surface area contributed by atoms with E-state index in [9.17, 15) is 18.0 Å². The van der Waals surface area contributed by atoms with E-state index in [2.05, 4.69) is 5.32 Å². The third kappa shape index (κ3) is 3.88. The summed E-state index contributed by atoms with van der Waals surface area (Å²) in [4.78, 5) is 25.1. The zero-order valence-corrected chi connectivity index (χ0v) is 15.7. The number of nitrogens with one attached hydrogen (secondary N) is 1. The second-order valence-electron chi connectivity index (χ2n) is 6.20. The average Bonchev–Trinajstić information content (AvgIpc) is 2.91. The van der Waals surface area contributed by atoms with Gasteiger partial charge in [0, 0.05) is 24.9 Å². The number of β-amino-alcohol motifs (C(OH)–C–C–N with tert-alkyl or cyclic N) is 1. The van der Waals surface area contributed by atoms with Crippen molar-refractivity contribution in [3.63, 3.8) is 0 Å². The summed E-state index contributed by atoms with van der Waals surface area (Å²) in [6.07, 6.45) is 1.13. The number of carbonyl (C=O) groups is 2. The molecule has 1 aromatic carbocycles. The van der Waals surface area contributed by atoms with Crippen molar-refractivity contribution in [2.24, 2.45) is 0 Å². The normalized spacial score (nSPS) is 18.7. The molecule has 1 aromatic rings. The molecule has 0 unspecified atom stereocenters. The zero-order chi connectivity index (χ0) is 19.6. The number of hydrogen-bond acceptors (Lipinski definition) is 7. The first-order valence-electron chi connectivity index (χ1n) is 8.48. The molecule has 9 nitrogen and oxygen atoms in total. The zero-order valence-electron chi connectivity index (χ0n) is 14.8. The first-order valence-corrected chi connectivity index (χ1v) is 9.92. The predicted octanol–water partition coefficient (Wildman–Crippen LogP) is -0.327. The van der Waals surface area contributed by atoms with Crippen LogP contribution in [0.15, 0.2) is 34.9 Å². The van der Waals surface area contributed by atoms with Crippen LogP contribution in [0.5, 0.6) is 0 Å². The van der Waals surface area contributed by atoms with E-state index in [1.807, 2.05) is 0 Å². The van der Waals surface area contributed by atoms with Gasteiger partial charge in [-0.3, -0.25) is 14.5 Å². The number of amides is 2. The van der Waals surface area contributed by atoms with Crippen LogP contribution in [0.25, 0.3) is 0 Å². The molecule has 2 heterocycles. The van der Waals surface area contributed by atoms with Crippen molar-refractivity contribution in [2.45, 2.75) is 11.8 Å². The number of sulfonamides is 1. The first-order chi connectivity index (χ1) is 12.8. The van der Waals surface area contributed by atoms with Crippen molar-refractivity contribution < 1.29 is 27.9 Å². The number of morpholine rings is 1. The second kappa shape index (κ2) is 7.77. The van der Waals surface area contributed by atoms with Crippen molar-refractivity contribution in [1.29, 1.82) is 0 Å². The largest absolute Gasteiger partial charge is 0.395 e. The van der Waals surface area contributed by atoms with E-state index in [1.165, 1.54) is 10.4 Å². The summed E-state index contributed by atoms with van der Waals surface area (Å²) in [5.74, 6) is -1.09. The van der Waals surface area contributed by atoms with Gasteiger partial charge in [0.2, 0.25) is 10.0 Å². The number of benzene rings is 1. The molecule has 0 spiro atoms. The fraction of sp³-hybridized carbons (Fsp3) is 0.412. The van der Waals surface area contributed by atoms with Crippen LogP contribution in [-0.2, 0) is 24.3 Å². The predicted molar refractivity (Wildman–Crippen MR) is 96.3 cm³/mol. The molecule has 3 rings (SSSR count). The van der Waals surface area contributed by atoms with Gasteiger partial charge >= 0.3 is 0 Å². The van der Waals surface area contributed by atoms with Crippen LogP contribution in [0, 0.1) is 6.92 Å². The maximum absolute atomic E-state index is 12.9. The second-order valence-corrected chi connectivity index (χ2v) is 8.10. The summed E-state index contributed by atoms with van der Waals surface area (Å²) in [5.41, 5.74) is 0.995. The molecule has 0 bridgehead atoms. The number of aliphatic hydroxyl groups is 1. The van der Waals surface area contributed by atoms with E-state index in [0.29, 0.717) is 24.5 Å². The van der Waals surface area contributed by atoms with E-state index < -0.39 is 21.8 Å². The quantitative estimate of drug-likeness (QED) is 0.634. The average molecular weight is 395 g/mol. The number of anilines is 1. The fourth-order valence-corrected chi connectivity index (χ4v) is 4.61. The molecule has 0 aliphatic carbocycles. The summed E-state index contributed by atoms with van der Waals surface area (Å²) in [7, 11) is -3.69. The van der Waals surface area contributed by atoms with E-state index in [-0.39, 0.29) is 36.8 Å². The van der Waals surface area contributed by atoms with Gasteiger partial charge in [0.15, 0.2) is 0 Å². The minimum Gasteiger partial charge on any atom is -0.395 e. The van der Waals surface area contributed by atoms with E-state index in [1.54, 1.807) is 19.1 Å². The number of rotatable bonds is 6. The van der Waals surface area contributed by atoms with Crippen LogP contribution < -0.4 is 5.32 Å². The summed E-state index contributed by atoms with van der Waals surface area (Å²) in [5, 5.41) is 11.8. The molecule has 1 fully saturated rings. The minimum absolute atomic E-state index is 0.0343. The number of hydrogen-bond donors (Lipinski definition) is 2. The van der Waals surface area contributed by atoms with E-state index in [4.69, 9.17) is 9.84 Å². The lowest BCUT2D eigenvalue weighted by atomic mass is 10.2. The minimum atomic E-state index is -3.69. The fourth-order valence-electron chi connectivity index (χ4n) is 2.95. The van der Waals surface area contributed by atoms with Gasteiger partial charge in [-0.2, -0.15) is 4.31 Å². The molecule has 2 aliphatic heterocycles. The highest BCUT2D eigenvalue weighted by Gasteiger charge is 2.31. The molecule has 2 amide bonds. The van der Waals surface area contributed by atoms with E-state index >= 15 is 0 Å². The Morgan fingerprint density at radius 2 is 1.93 bits per heavy atom. The Kier molecular flexibility index (Phi) is 5.61. The summed E-state index contributed by atoms with van der Waals surface area (Å²) in [6.45, 7) is 2.54. The van der Waals surface area contributed by atoms with Crippen molar-refractivity contribution in [3.05, 3.63) is 35.5 Å². The lowest BCUT2D eigenvalue weighted by Gasteiger charge is -2.27. The van der Waals surface area contributed by atoms with Crippen molar-refractivity contribution in [2.75, 3.05) is 44.8 Å². The van der Waals surface area contributed by atoms with Crippen LogP contribution in [0.3, 0.4) is 0 Å². The Labute approximate surface area is 157 Å². The number of ether oxygens (including phenoxy) is 1. The van der Waals surface area contributed by atoms with Gasteiger partial charge in [-0.25, -0.2) is 8.42 Å². The molecule has 0 atom stereocenters. The Morgan fingerprint density at radius 3 is 2.59 bits per heavy atom.